The highest BCUT2D eigenvalue weighted by Crippen LogP contribution is 2.13. The second-order valence-electron chi connectivity index (χ2n) is 5.55. The number of aromatic nitrogens is 1. The minimum atomic E-state index is -0.632. The van der Waals surface area contributed by atoms with Gasteiger partial charge in [0.1, 0.15) is 6.61 Å². The van der Waals surface area contributed by atoms with E-state index in [1.54, 1.807) is 0 Å². The molecule has 2 N–H and O–H groups in total. The van der Waals surface area contributed by atoms with E-state index < -0.39 is 12.2 Å². The lowest BCUT2D eigenvalue weighted by Crippen LogP contribution is -2.33. The molecule has 2 rings (SSSR count). The number of ether oxygens (including phenoxy) is 1. The number of alkyl carbamates (subject to hydrolysis) is 1. The van der Waals surface area contributed by atoms with Crippen molar-refractivity contribution in [3.63, 3.8) is 0 Å². The monoisotopic (exact) mass is 316 g/mol. The molecule has 0 radical (unpaired) electrons. The van der Waals surface area contributed by atoms with Crippen molar-refractivity contribution in [2.75, 3.05) is 6.54 Å². The molecule has 2 aromatic rings. The molecule has 124 valence electrons. The predicted molar refractivity (Wildman–Crippen MR) is 89.1 cm³/mol. The molecule has 0 bridgehead atoms. The van der Waals surface area contributed by atoms with Crippen molar-refractivity contribution >= 4 is 6.09 Å². The smallest absolute Gasteiger partial charge is 0.407 e. The molecule has 1 aromatic heterocycles. The minimum Gasteiger partial charge on any atom is -0.445 e. The van der Waals surface area contributed by atoms with E-state index in [0.29, 0.717) is 6.42 Å². The maximum atomic E-state index is 11.7. The van der Waals surface area contributed by atoms with Crippen LogP contribution in [-0.2, 0) is 31.2 Å². The van der Waals surface area contributed by atoms with Crippen LogP contribution < -0.4 is 5.32 Å². The van der Waals surface area contributed by atoms with Crippen molar-refractivity contribution in [3.8, 4) is 0 Å². The van der Waals surface area contributed by atoms with Crippen LogP contribution in [0.1, 0.15) is 23.7 Å². The third-order valence-electron chi connectivity index (χ3n) is 3.78. The zero-order valence-electron chi connectivity index (χ0n) is 13.7. The molecule has 0 aliphatic heterocycles. The van der Waals surface area contributed by atoms with Crippen molar-refractivity contribution in [1.82, 2.24) is 9.88 Å². The van der Waals surface area contributed by atoms with E-state index in [0.717, 1.165) is 17.5 Å². The largest absolute Gasteiger partial charge is 0.445 e. The first-order chi connectivity index (χ1) is 11.1. The van der Waals surface area contributed by atoms with E-state index in [1.807, 2.05) is 49.6 Å². The van der Waals surface area contributed by atoms with Crippen LogP contribution in [0, 0.1) is 0 Å². The Morgan fingerprint density at radius 2 is 2.04 bits per heavy atom. The van der Waals surface area contributed by atoms with Gasteiger partial charge in [-0.25, -0.2) is 4.79 Å². The molecule has 1 amide bonds. The first-order valence-electron chi connectivity index (χ1n) is 7.85. The molecule has 23 heavy (non-hydrogen) atoms. The Labute approximate surface area is 136 Å². The highest BCUT2D eigenvalue weighted by Gasteiger charge is 2.12. The lowest BCUT2D eigenvalue weighted by atomic mass is 10.1. The van der Waals surface area contributed by atoms with E-state index in [1.165, 1.54) is 5.69 Å². The first-order valence-corrected chi connectivity index (χ1v) is 7.85. The lowest BCUT2D eigenvalue weighted by molar-refractivity contribution is 0.125. The van der Waals surface area contributed by atoms with Crippen LogP contribution in [0.2, 0.25) is 0 Å². The van der Waals surface area contributed by atoms with Crippen LogP contribution in [0.15, 0.2) is 42.6 Å². The molecule has 1 unspecified atom stereocenters. The fraction of sp³-hybridized carbons (Fsp3) is 0.389. The van der Waals surface area contributed by atoms with Crippen LogP contribution in [0.25, 0.3) is 0 Å². The molecule has 5 nitrogen and oxygen atoms in total. The summed E-state index contributed by atoms with van der Waals surface area (Å²) in [6.07, 6.45) is 2.27. The average molecular weight is 316 g/mol. The highest BCUT2D eigenvalue weighted by molar-refractivity contribution is 5.67. The van der Waals surface area contributed by atoms with Gasteiger partial charge in [0, 0.05) is 31.9 Å². The third kappa shape index (κ3) is 5.14. The maximum Gasteiger partial charge on any atom is 0.407 e. The number of rotatable bonds is 7. The van der Waals surface area contributed by atoms with Gasteiger partial charge in [0.15, 0.2) is 0 Å². The van der Waals surface area contributed by atoms with Crippen molar-refractivity contribution in [2.45, 2.75) is 32.5 Å². The summed E-state index contributed by atoms with van der Waals surface area (Å²) in [5, 5.41) is 12.7. The van der Waals surface area contributed by atoms with Crippen molar-refractivity contribution in [1.29, 1.82) is 0 Å². The fourth-order valence-corrected chi connectivity index (χ4v) is 2.58. The average Bonchev–Trinajstić information content (AvgIpc) is 2.91. The normalized spacial score (nSPS) is 12.0. The van der Waals surface area contributed by atoms with E-state index in [2.05, 4.69) is 16.8 Å². The van der Waals surface area contributed by atoms with Gasteiger partial charge in [0.25, 0.3) is 0 Å². The molecule has 1 heterocycles. The number of amides is 1. The molecule has 0 aliphatic carbocycles. The molecular weight excluding hydrogens is 292 g/mol. The van der Waals surface area contributed by atoms with E-state index in [9.17, 15) is 9.90 Å². The van der Waals surface area contributed by atoms with Gasteiger partial charge >= 0.3 is 6.09 Å². The minimum absolute atomic E-state index is 0.172. The molecule has 5 heteroatoms. The zero-order chi connectivity index (χ0) is 16.7. The van der Waals surface area contributed by atoms with Crippen LogP contribution in [0.4, 0.5) is 4.79 Å². The predicted octanol–water partition coefficient (Wildman–Crippen LogP) is 2.42. The van der Waals surface area contributed by atoms with Crippen molar-refractivity contribution in [3.05, 3.63) is 59.4 Å². The van der Waals surface area contributed by atoms with E-state index >= 15 is 0 Å². The summed E-state index contributed by atoms with van der Waals surface area (Å²) in [6.45, 7) is 2.48. The molecule has 1 atom stereocenters. The number of hydrogen-bond acceptors (Lipinski definition) is 3. The molecule has 0 spiro atoms. The lowest BCUT2D eigenvalue weighted by Gasteiger charge is -2.13. The SMILES string of the molecule is CCc1c(CC(O)CNC(=O)OCc2ccccc2)ccn1C. The van der Waals surface area contributed by atoms with Gasteiger partial charge in [-0.2, -0.15) is 0 Å². The summed E-state index contributed by atoms with van der Waals surface area (Å²) in [7, 11) is 1.99. The Kier molecular flexibility index (Phi) is 6.23. The van der Waals surface area contributed by atoms with Gasteiger partial charge in [-0.15, -0.1) is 0 Å². The summed E-state index contributed by atoms with van der Waals surface area (Å²) in [6, 6.07) is 11.5. The summed E-state index contributed by atoms with van der Waals surface area (Å²) in [5.41, 5.74) is 3.25. The fourth-order valence-electron chi connectivity index (χ4n) is 2.58. The van der Waals surface area contributed by atoms with Crippen LogP contribution in [-0.4, -0.2) is 28.4 Å². The van der Waals surface area contributed by atoms with Crippen LogP contribution in [0.5, 0.6) is 0 Å². The summed E-state index contributed by atoms with van der Waals surface area (Å²) in [4.78, 5) is 11.7. The standard InChI is InChI=1S/C18H24N2O3/c1-3-17-15(9-10-20(17)2)11-16(21)12-19-18(22)23-13-14-7-5-4-6-8-14/h4-10,16,21H,3,11-13H2,1-2H3,(H,19,22). The third-order valence-corrected chi connectivity index (χ3v) is 3.78. The number of hydrogen-bond donors (Lipinski definition) is 2. The number of carbonyl (C=O) groups is 1. The molecule has 0 saturated carbocycles. The number of nitrogens with zero attached hydrogens (tertiary/aromatic N) is 1. The number of aryl methyl sites for hydroxylation is 1. The topological polar surface area (TPSA) is 63.5 Å². The van der Waals surface area contributed by atoms with Gasteiger partial charge in [-0.05, 0) is 23.6 Å². The van der Waals surface area contributed by atoms with Gasteiger partial charge in [0.2, 0.25) is 0 Å². The quantitative estimate of drug-likeness (QED) is 0.824. The Balaban J connectivity index is 1.73. The zero-order valence-corrected chi connectivity index (χ0v) is 13.7. The molecule has 1 aromatic carbocycles. The molecule has 0 saturated heterocycles. The highest BCUT2D eigenvalue weighted by atomic mass is 16.5. The van der Waals surface area contributed by atoms with Gasteiger partial charge in [-0.3, -0.25) is 0 Å². The van der Waals surface area contributed by atoms with Crippen molar-refractivity contribution in [2.24, 2.45) is 7.05 Å². The Bertz CT molecular complexity index is 622. The van der Waals surface area contributed by atoms with Crippen molar-refractivity contribution < 1.29 is 14.6 Å². The molecule has 0 fully saturated rings. The number of nitrogens with one attached hydrogen (secondary N) is 1. The molecule has 0 aliphatic rings. The van der Waals surface area contributed by atoms with Crippen LogP contribution in [0.3, 0.4) is 0 Å². The molecular formula is C18H24N2O3. The summed E-state index contributed by atoms with van der Waals surface area (Å²) < 4.78 is 7.17. The summed E-state index contributed by atoms with van der Waals surface area (Å²) >= 11 is 0. The van der Waals surface area contributed by atoms with Gasteiger partial charge in [-0.1, -0.05) is 37.3 Å². The van der Waals surface area contributed by atoms with Gasteiger partial charge in [0.05, 0.1) is 6.10 Å². The number of benzene rings is 1. The Morgan fingerprint density at radius 1 is 1.30 bits per heavy atom. The van der Waals surface area contributed by atoms with E-state index in [4.69, 9.17) is 4.74 Å². The van der Waals surface area contributed by atoms with Crippen LogP contribution >= 0.6 is 0 Å². The van der Waals surface area contributed by atoms with E-state index in [-0.39, 0.29) is 13.2 Å². The number of carbonyl (C=O) groups excluding carboxylic acids is 1. The number of aliphatic hydroxyl groups is 1. The Morgan fingerprint density at radius 3 is 2.74 bits per heavy atom. The Hall–Kier alpha value is -2.27. The maximum absolute atomic E-state index is 11.7. The van der Waals surface area contributed by atoms with Gasteiger partial charge < -0.3 is 19.7 Å². The second kappa shape index (κ2) is 8.39. The first kappa shape index (κ1) is 17.1. The number of aliphatic hydroxyl groups excluding tert-OH is 1. The second-order valence-corrected chi connectivity index (χ2v) is 5.55. The summed E-state index contributed by atoms with van der Waals surface area (Å²) in [5.74, 6) is 0.